The molecule has 10 heavy (non-hydrogen) atoms. The van der Waals surface area contributed by atoms with E-state index in [2.05, 4.69) is 4.74 Å². The lowest BCUT2D eigenvalue weighted by Gasteiger charge is -1.92. The highest BCUT2D eigenvalue weighted by Gasteiger charge is 1.88. The van der Waals surface area contributed by atoms with Crippen LogP contribution in [-0.2, 0) is 14.3 Å². The highest BCUT2D eigenvalue weighted by molar-refractivity contribution is 5.79. The third-order valence-corrected chi connectivity index (χ3v) is 0.643. The molecule has 0 aliphatic heterocycles. The Balaban J connectivity index is 3.36. The Morgan fingerprint density at radius 2 is 2.20 bits per heavy atom. The van der Waals surface area contributed by atoms with E-state index in [1.165, 1.54) is 13.0 Å². The molecule has 0 aromatic carbocycles. The second kappa shape index (κ2) is 4.55. The molecule has 0 aliphatic rings. The first-order valence-corrected chi connectivity index (χ1v) is 2.65. The van der Waals surface area contributed by atoms with Crippen LogP contribution in [0.1, 0.15) is 6.92 Å². The number of carbonyl (C=O) groups excluding carboxylic acids is 1. The van der Waals surface area contributed by atoms with E-state index in [1.54, 1.807) is 0 Å². The van der Waals surface area contributed by atoms with Gasteiger partial charge in [0.15, 0.2) is 0 Å². The smallest absolute Gasteiger partial charge is 0.328 e. The lowest BCUT2D eigenvalue weighted by Crippen LogP contribution is -1.98. The van der Waals surface area contributed by atoms with E-state index >= 15 is 0 Å². The highest BCUT2D eigenvalue weighted by Crippen LogP contribution is 1.78. The Morgan fingerprint density at radius 1 is 1.60 bits per heavy atom. The van der Waals surface area contributed by atoms with Crippen LogP contribution in [0.2, 0.25) is 0 Å². The van der Waals surface area contributed by atoms with Crippen LogP contribution in [0.5, 0.6) is 0 Å². The molecule has 0 rings (SSSR count). The van der Waals surface area contributed by atoms with Crippen molar-refractivity contribution in [3.63, 3.8) is 0 Å². The van der Waals surface area contributed by atoms with Crippen LogP contribution in [0.4, 0.5) is 0 Å². The Kier molecular flexibility index (Phi) is 3.95. The van der Waals surface area contributed by atoms with Gasteiger partial charge in [-0.05, 0) is 6.08 Å². The lowest BCUT2D eigenvalue weighted by molar-refractivity contribution is -0.140. The third kappa shape index (κ3) is 6.68. The Hall–Kier alpha value is -1.32. The monoisotopic (exact) mass is 144 g/mol. The normalized spacial score (nSPS) is 9.70. The molecule has 0 saturated heterocycles. The Bertz CT molecular complexity index is 159. The van der Waals surface area contributed by atoms with Crippen LogP contribution in [0, 0.1) is 0 Å². The predicted molar refractivity (Wildman–Crippen MR) is 33.4 cm³/mol. The zero-order valence-corrected chi connectivity index (χ0v) is 5.53. The zero-order valence-electron chi connectivity index (χ0n) is 5.53. The maximum atomic E-state index is 10.1. The largest absolute Gasteiger partial charge is 0.478 e. The Morgan fingerprint density at radius 3 is 2.60 bits per heavy atom. The van der Waals surface area contributed by atoms with Crippen molar-refractivity contribution in [1.29, 1.82) is 0 Å². The van der Waals surface area contributed by atoms with Gasteiger partial charge in [0.25, 0.3) is 0 Å². The summed E-state index contributed by atoms with van der Waals surface area (Å²) < 4.78 is 4.40. The summed E-state index contributed by atoms with van der Waals surface area (Å²) in [7, 11) is 0. The molecular formula is C6H8O4. The number of hydrogen-bond donors (Lipinski definition) is 1. The number of carbonyl (C=O) groups is 2. The van der Waals surface area contributed by atoms with Crippen molar-refractivity contribution in [3.8, 4) is 0 Å². The maximum Gasteiger partial charge on any atom is 0.328 e. The van der Waals surface area contributed by atoms with Crippen molar-refractivity contribution in [2.45, 2.75) is 6.92 Å². The standard InChI is InChI=1S/C6H8O4/c1-5(7)10-4-2-3-6(8)9/h2-3H,4H2,1H3,(H,8,9). The zero-order chi connectivity index (χ0) is 7.98. The summed E-state index contributed by atoms with van der Waals surface area (Å²) in [6.45, 7) is 1.27. The first kappa shape index (κ1) is 8.68. The summed E-state index contributed by atoms with van der Waals surface area (Å²) in [6.07, 6.45) is 2.17. The van der Waals surface area contributed by atoms with E-state index in [-0.39, 0.29) is 6.61 Å². The molecule has 4 heteroatoms. The van der Waals surface area contributed by atoms with Gasteiger partial charge in [0.2, 0.25) is 0 Å². The molecule has 0 amide bonds. The fraction of sp³-hybridized carbons (Fsp3) is 0.333. The van der Waals surface area contributed by atoms with Crippen molar-refractivity contribution in [1.82, 2.24) is 0 Å². The van der Waals surface area contributed by atoms with Crippen LogP contribution in [0.25, 0.3) is 0 Å². The van der Waals surface area contributed by atoms with Crippen LogP contribution in [-0.4, -0.2) is 23.7 Å². The van der Waals surface area contributed by atoms with Gasteiger partial charge in [-0.1, -0.05) is 0 Å². The summed E-state index contributed by atoms with van der Waals surface area (Å²) in [5.74, 6) is -1.47. The minimum atomic E-state index is -1.05. The average Bonchev–Trinajstić information content (AvgIpc) is 1.79. The van der Waals surface area contributed by atoms with Crippen molar-refractivity contribution >= 4 is 11.9 Å². The summed E-state index contributed by atoms with van der Waals surface area (Å²) >= 11 is 0. The molecule has 4 nitrogen and oxygen atoms in total. The number of hydrogen-bond acceptors (Lipinski definition) is 3. The summed E-state index contributed by atoms with van der Waals surface area (Å²) in [4.78, 5) is 19.9. The number of carboxylic acid groups (broad SMARTS) is 1. The molecule has 1 N–H and O–H groups in total. The molecular weight excluding hydrogens is 136 g/mol. The number of aliphatic carboxylic acids is 1. The molecule has 0 radical (unpaired) electrons. The number of esters is 1. The molecule has 0 unspecified atom stereocenters. The number of carboxylic acids is 1. The average molecular weight is 144 g/mol. The molecule has 0 saturated carbocycles. The molecule has 0 aromatic rings. The van der Waals surface area contributed by atoms with E-state index in [0.717, 1.165) is 6.08 Å². The molecule has 0 fully saturated rings. The van der Waals surface area contributed by atoms with E-state index in [9.17, 15) is 9.59 Å². The molecule has 0 atom stereocenters. The molecule has 0 bridgehead atoms. The number of ether oxygens (including phenoxy) is 1. The van der Waals surface area contributed by atoms with Gasteiger partial charge in [-0.3, -0.25) is 4.79 Å². The van der Waals surface area contributed by atoms with Crippen LogP contribution >= 0.6 is 0 Å². The highest BCUT2D eigenvalue weighted by atomic mass is 16.5. The van der Waals surface area contributed by atoms with Gasteiger partial charge in [0.1, 0.15) is 6.61 Å². The SMILES string of the molecule is CC(=O)OCC=CC(=O)O. The molecule has 56 valence electrons. The first-order valence-electron chi connectivity index (χ1n) is 2.65. The van der Waals surface area contributed by atoms with Gasteiger partial charge in [-0.2, -0.15) is 0 Å². The van der Waals surface area contributed by atoms with Crippen LogP contribution < -0.4 is 0 Å². The topological polar surface area (TPSA) is 63.6 Å². The van der Waals surface area contributed by atoms with E-state index < -0.39 is 11.9 Å². The first-order chi connectivity index (χ1) is 4.63. The Labute approximate surface area is 58.1 Å². The molecule has 0 heterocycles. The fourth-order valence-electron chi connectivity index (χ4n) is 0.314. The van der Waals surface area contributed by atoms with Gasteiger partial charge in [-0.15, -0.1) is 0 Å². The molecule has 0 spiro atoms. The minimum absolute atomic E-state index is 0.0155. The maximum absolute atomic E-state index is 10.1. The summed E-state index contributed by atoms with van der Waals surface area (Å²) in [6, 6.07) is 0. The van der Waals surface area contributed by atoms with Crippen molar-refractivity contribution in [2.75, 3.05) is 6.61 Å². The minimum Gasteiger partial charge on any atom is -0.478 e. The molecule has 0 aromatic heterocycles. The van der Waals surface area contributed by atoms with Crippen molar-refractivity contribution in [2.24, 2.45) is 0 Å². The number of rotatable bonds is 3. The van der Waals surface area contributed by atoms with Gasteiger partial charge >= 0.3 is 11.9 Å². The molecule has 0 aliphatic carbocycles. The predicted octanol–water partition coefficient (Wildman–Crippen LogP) is 0.190. The van der Waals surface area contributed by atoms with E-state index in [0.29, 0.717) is 0 Å². The van der Waals surface area contributed by atoms with Gasteiger partial charge in [-0.25, -0.2) is 4.79 Å². The van der Waals surface area contributed by atoms with Gasteiger partial charge in [0, 0.05) is 13.0 Å². The lowest BCUT2D eigenvalue weighted by atomic mass is 10.5. The van der Waals surface area contributed by atoms with Crippen LogP contribution in [0.3, 0.4) is 0 Å². The van der Waals surface area contributed by atoms with Crippen molar-refractivity contribution in [3.05, 3.63) is 12.2 Å². The quantitative estimate of drug-likeness (QED) is 0.453. The van der Waals surface area contributed by atoms with E-state index in [1.807, 2.05) is 0 Å². The summed E-state index contributed by atoms with van der Waals surface area (Å²) in [5.41, 5.74) is 0. The van der Waals surface area contributed by atoms with Gasteiger partial charge in [0.05, 0.1) is 0 Å². The van der Waals surface area contributed by atoms with E-state index in [4.69, 9.17) is 5.11 Å². The van der Waals surface area contributed by atoms with Gasteiger partial charge < -0.3 is 9.84 Å². The third-order valence-electron chi connectivity index (χ3n) is 0.643. The second-order valence-electron chi connectivity index (χ2n) is 1.54. The summed E-state index contributed by atoms with van der Waals surface area (Å²) in [5, 5.41) is 8.05. The van der Waals surface area contributed by atoms with Crippen LogP contribution in [0.15, 0.2) is 12.2 Å². The second-order valence-corrected chi connectivity index (χ2v) is 1.54. The van der Waals surface area contributed by atoms with Crippen molar-refractivity contribution < 1.29 is 19.4 Å². The fourth-order valence-corrected chi connectivity index (χ4v) is 0.314.